The van der Waals surface area contributed by atoms with Gasteiger partial charge in [0.15, 0.2) is 0 Å². The van der Waals surface area contributed by atoms with Crippen LogP contribution in [0.2, 0.25) is 0 Å². The van der Waals surface area contributed by atoms with Gasteiger partial charge in [0, 0.05) is 17.3 Å². The largest absolute Gasteiger partial charge is 0.391 e. The molecule has 1 aliphatic carbocycles. The second kappa shape index (κ2) is 6.95. The zero-order chi connectivity index (χ0) is 14.6. The van der Waals surface area contributed by atoms with Gasteiger partial charge in [-0.1, -0.05) is 22.9 Å². The molecule has 2 atom stereocenters. The number of carbonyl (C=O) groups excluding carboxylic acids is 1. The number of nitrogens with one attached hydrogen (secondary N) is 1. The van der Waals surface area contributed by atoms with E-state index < -0.39 is 12.1 Å². The molecule has 0 aromatic heterocycles. The Kier molecular flexibility index (Phi) is 6.15. The summed E-state index contributed by atoms with van der Waals surface area (Å²) in [6.07, 6.45) is -3.29. The predicted molar refractivity (Wildman–Crippen MR) is 72.1 cm³/mol. The molecule has 2 unspecified atom stereocenters. The molecule has 1 rings (SSSR count). The number of amides is 1. The van der Waals surface area contributed by atoms with Crippen molar-refractivity contribution in [3.63, 3.8) is 0 Å². The fourth-order valence-corrected chi connectivity index (χ4v) is 2.86. The third kappa shape index (κ3) is 4.97. The number of hydrogen-bond acceptors (Lipinski definition) is 1. The Bertz CT molecular complexity index is 301. The van der Waals surface area contributed by atoms with Crippen LogP contribution in [0.4, 0.5) is 13.2 Å². The molecular weight excluding hydrogens is 323 g/mol. The molecule has 0 heterocycles. The van der Waals surface area contributed by atoms with Crippen LogP contribution < -0.4 is 5.32 Å². The standard InChI is InChI=1S/C13H21BrF3NO/c1-8(7-14)9(2)18-12(19)10-3-5-11(6-4-10)13(15,16)17/h8-11H,3-7H2,1-2H3,(H,18,19). The predicted octanol–water partition coefficient (Wildman–Crippen LogP) is 3.89. The fourth-order valence-electron chi connectivity index (χ4n) is 2.30. The van der Waals surface area contributed by atoms with Crippen molar-refractivity contribution < 1.29 is 18.0 Å². The van der Waals surface area contributed by atoms with Gasteiger partial charge in [-0.3, -0.25) is 4.79 Å². The lowest BCUT2D eigenvalue weighted by atomic mass is 9.81. The molecule has 1 saturated carbocycles. The third-order valence-electron chi connectivity index (χ3n) is 4.03. The van der Waals surface area contributed by atoms with E-state index in [-0.39, 0.29) is 30.7 Å². The van der Waals surface area contributed by atoms with Gasteiger partial charge in [-0.05, 0) is 38.5 Å². The summed E-state index contributed by atoms with van der Waals surface area (Å²) in [5.41, 5.74) is 0. The van der Waals surface area contributed by atoms with Gasteiger partial charge in [-0.2, -0.15) is 13.2 Å². The van der Waals surface area contributed by atoms with Crippen molar-refractivity contribution in [2.45, 2.75) is 51.7 Å². The average molecular weight is 344 g/mol. The summed E-state index contributed by atoms with van der Waals surface area (Å²) >= 11 is 3.35. The normalized spacial score (nSPS) is 27.7. The van der Waals surface area contributed by atoms with E-state index in [1.54, 1.807) is 0 Å². The van der Waals surface area contributed by atoms with Crippen LogP contribution in [0.5, 0.6) is 0 Å². The van der Waals surface area contributed by atoms with Gasteiger partial charge >= 0.3 is 6.18 Å². The number of rotatable bonds is 4. The highest BCUT2D eigenvalue weighted by Crippen LogP contribution is 2.39. The molecule has 1 N–H and O–H groups in total. The van der Waals surface area contributed by atoms with Gasteiger partial charge in [-0.25, -0.2) is 0 Å². The van der Waals surface area contributed by atoms with Crippen LogP contribution in [0.25, 0.3) is 0 Å². The lowest BCUT2D eigenvalue weighted by Crippen LogP contribution is -2.42. The number of hydrogen-bond donors (Lipinski definition) is 1. The van der Waals surface area contributed by atoms with Gasteiger partial charge in [0.25, 0.3) is 0 Å². The summed E-state index contributed by atoms with van der Waals surface area (Å²) in [4.78, 5) is 12.0. The van der Waals surface area contributed by atoms with Crippen molar-refractivity contribution in [3.8, 4) is 0 Å². The summed E-state index contributed by atoms with van der Waals surface area (Å²) in [5.74, 6) is -1.28. The molecule has 0 saturated heterocycles. The lowest BCUT2D eigenvalue weighted by molar-refractivity contribution is -0.184. The Morgan fingerprint density at radius 3 is 2.21 bits per heavy atom. The van der Waals surface area contributed by atoms with Gasteiger partial charge in [0.1, 0.15) is 0 Å². The monoisotopic (exact) mass is 343 g/mol. The molecule has 1 amide bonds. The van der Waals surface area contributed by atoms with Crippen molar-refractivity contribution >= 4 is 21.8 Å². The highest BCUT2D eigenvalue weighted by atomic mass is 79.9. The highest BCUT2D eigenvalue weighted by Gasteiger charge is 2.42. The number of carbonyl (C=O) groups is 1. The Balaban J connectivity index is 2.41. The average Bonchev–Trinajstić information content (AvgIpc) is 2.36. The van der Waals surface area contributed by atoms with Gasteiger partial charge in [0.05, 0.1) is 5.92 Å². The minimum atomic E-state index is -4.11. The van der Waals surface area contributed by atoms with Crippen molar-refractivity contribution in [2.75, 3.05) is 5.33 Å². The van der Waals surface area contributed by atoms with E-state index in [0.29, 0.717) is 18.8 Å². The molecule has 6 heteroatoms. The van der Waals surface area contributed by atoms with E-state index in [2.05, 4.69) is 21.2 Å². The first-order valence-corrected chi connectivity index (χ1v) is 7.81. The lowest BCUT2D eigenvalue weighted by Gasteiger charge is -2.30. The van der Waals surface area contributed by atoms with Crippen molar-refractivity contribution in [1.29, 1.82) is 0 Å². The number of halogens is 4. The first kappa shape index (κ1) is 16.8. The molecule has 0 radical (unpaired) electrons. The summed E-state index contributed by atoms with van der Waals surface area (Å²) < 4.78 is 37.6. The quantitative estimate of drug-likeness (QED) is 0.771. The Hall–Kier alpha value is -0.260. The number of alkyl halides is 4. The molecule has 0 aliphatic heterocycles. The topological polar surface area (TPSA) is 29.1 Å². The van der Waals surface area contributed by atoms with Crippen LogP contribution in [-0.2, 0) is 4.79 Å². The maximum Gasteiger partial charge on any atom is 0.391 e. The zero-order valence-electron chi connectivity index (χ0n) is 11.3. The van der Waals surface area contributed by atoms with Crippen LogP contribution in [0, 0.1) is 17.8 Å². The molecule has 112 valence electrons. The van der Waals surface area contributed by atoms with E-state index in [0.717, 1.165) is 5.33 Å². The minimum Gasteiger partial charge on any atom is -0.353 e. The molecule has 1 aliphatic rings. The molecule has 0 bridgehead atoms. The van der Waals surface area contributed by atoms with E-state index >= 15 is 0 Å². The first-order valence-electron chi connectivity index (χ1n) is 6.68. The van der Waals surface area contributed by atoms with Crippen molar-refractivity contribution in [1.82, 2.24) is 5.32 Å². The van der Waals surface area contributed by atoms with Gasteiger partial charge in [-0.15, -0.1) is 0 Å². The van der Waals surface area contributed by atoms with E-state index in [1.807, 2.05) is 13.8 Å². The molecule has 1 fully saturated rings. The maximum absolute atomic E-state index is 12.5. The molecule has 2 nitrogen and oxygen atoms in total. The molecule has 0 aromatic rings. The van der Waals surface area contributed by atoms with Crippen LogP contribution >= 0.6 is 15.9 Å². The molecule has 0 aromatic carbocycles. The Morgan fingerprint density at radius 1 is 1.26 bits per heavy atom. The van der Waals surface area contributed by atoms with E-state index in [4.69, 9.17) is 0 Å². The molecular formula is C13H21BrF3NO. The fraction of sp³-hybridized carbons (Fsp3) is 0.923. The summed E-state index contributed by atoms with van der Waals surface area (Å²) in [5, 5.41) is 3.69. The molecule has 0 spiro atoms. The summed E-state index contributed by atoms with van der Waals surface area (Å²) in [7, 11) is 0. The van der Waals surface area contributed by atoms with Crippen molar-refractivity contribution in [3.05, 3.63) is 0 Å². The second-order valence-corrected chi connectivity index (χ2v) is 6.17. The van der Waals surface area contributed by atoms with E-state index in [9.17, 15) is 18.0 Å². The smallest absolute Gasteiger partial charge is 0.353 e. The van der Waals surface area contributed by atoms with Crippen LogP contribution in [0.3, 0.4) is 0 Å². The Morgan fingerprint density at radius 2 is 1.79 bits per heavy atom. The van der Waals surface area contributed by atoms with Gasteiger partial charge < -0.3 is 5.32 Å². The zero-order valence-corrected chi connectivity index (χ0v) is 12.9. The Labute approximate surface area is 120 Å². The van der Waals surface area contributed by atoms with Crippen LogP contribution in [0.15, 0.2) is 0 Å². The minimum absolute atomic E-state index is 0.0345. The van der Waals surface area contributed by atoms with Crippen molar-refractivity contribution in [2.24, 2.45) is 17.8 Å². The SMILES string of the molecule is CC(CBr)C(C)NC(=O)C1CCC(C(F)(F)F)CC1. The van der Waals surface area contributed by atoms with E-state index in [1.165, 1.54) is 0 Å². The second-order valence-electron chi connectivity index (χ2n) is 5.52. The maximum atomic E-state index is 12.5. The molecule has 19 heavy (non-hydrogen) atoms. The third-order valence-corrected chi connectivity index (χ3v) is 5.05. The highest BCUT2D eigenvalue weighted by molar-refractivity contribution is 9.09. The van der Waals surface area contributed by atoms with Crippen LogP contribution in [0.1, 0.15) is 39.5 Å². The first-order chi connectivity index (χ1) is 8.75. The summed E-state index contributed by atoms with van der Waals surface area (Å²) in [6.45, 7) is 3.94. The summed E-state index contributed by atoms with van der Waals surface area (Å²) in [6, 6.07) is 0.0345. The van der Waals surface area contributed by atoms with Crippen LogP contribution in [-0.4, -0.2) is 23.5 Å². The van der Waals surface area contributed by atoms with Gasteiger partial charge in [0.2, 0.25) is 5.91 Å².